The van der Waals surface area contributed by atoms with E-state index in [1.807, 2.05) is 12.3 Å². The molecule has 3 heterocycles. The van der Waals surface area contributed by atoms with Crippen LogP contribution in [0.3, 0.4) is 0 Å². The molecule has 6 heteroatoms. The number of fused-ring (bicyclic) bond motifs is 1. The van der Waals surface area contributed by atoms with Crippen LogP contribution in [0.4, 0.5) is 0 Å². The van der Waals surface area contributed by atoms with Crippen LogP contribution in [0, 0.1) is 0 Å². The summed E-state index contributed by atoms with van der Waals surface area (Å²) in [5.74, 6) is 0. The third-order valence-corrected chi connectivity index (χ3v) is 3.92. The minimum Gasteiger partial charge on any atom is -0.326 e. The van der Waals surface area contributed by atoms with Crippen molar-refractivity contribution in [1.29, 1.82) is 0 Å². The number of hydrogen-bond donors (Lipinski definition) is 1. The standard InChI is InChI=1S/C14H22N6/c1-18-4-6-19(7-5-18)10-13(15)8-12-2-3-14-16-11-17-20(14)9-12/h2-3,9,11,13H,4-8,10,15H2,1H3. The molecule has 0 amide bonds. The van der Waals surface area contributed by atoms with E-state index in [9.17, 15) is 0 Å². The monoisotopic (exact) mass is 274 g/mol. The van der Waals surface area contributed by atoms with Gasteiger partial charge in [0.15, 0.2) is 5.65 Å². The quantitative estimate of drug-likeness (QED) is 0.840. The van der Waals surface area contributed by atoms with Crippen LogP contribution in [0.25, 0.3) is 5.65 Å². The molecule has 2 aromatic heterocycles. The van der Waals surface area contributed by atoms with E-state index < -0.39 is 0 Å². The Morgan fingerprint density at radius 2 is 2.05 bits per heavy atom. The van der Waals surface area contributed by atoms with Gasteiger partial charge < -0.3 is 10.6 Å². The summed E-state index contributed by atoms with van der Waals surface area (Å²) in [6.45, 7) is 5.47. The maximum absolute atomic E-state index is 6.29. The van der Waals surface area contributed by atoms with Gasteiger partial charge in [0.25, 0.3) is 0 Å². The van der Waals surface area contributed by atoms with Crippen LogP contribution >= 0.6 is 0 Å². The van der Waals surface area contributed by atoms with Gasteiger partial charge in [-0.25, -0.2) is 9.50 Å². The van der Waals surface area contributed by atoms with Gasteiger partial charge in [-0.2, -0.15) is 5.10 Å². The summed E-state index contributed by atoms with van der Waals surface area (Å²) in [5.41, 5.74) is 8.38. The zero-order valence-corrected chi connectivity index (χ0v) is 11.9. The van der Waals surface area contributed by atoms with E-state index >= 15 is 0 Å². The first-order valence-corrected chi connectivity index (χ1v) is 7.15. The third-order valence-electron chi connectivity index (χ3n) is 3.92. The Bertz CT molecular complexity index is 558. The molecule has 0 aliphatic carbocycles. The highest BCUT2D eigenvalue weighted by molar-refractivity contribution is 5.37. The van der Waals surface area contributed by atoms with Crippen LogP contribution in [-0.2, 0) is 6.42 Å². The fourth-order valence-electron chi connectivity index (χ4n) is 2.71. The first-order chi connectivity index (χ1) is 9.70. The smallest absolute Gasteiger partial charge is 0.155 e. The highest BCUT2D eigenvalue weighted by Crippen LogP contribution is 2.07. The summed E-state index contributed by atoms with van der Waals surface area (Å²) in [4.78, 5) is 8.97. The summed E-state index contributed by atoms with van der Waals surface area (Å²) in [6, 6.07) is 4.25. The number of nitrogens with zero attached hydrogens (tertiary/aromatic N) is 5. The largest absolute Gasteiger partial charge is 0.326 e. The topological polar surface area (TPSA) is 62.7 Å². The Balaban J connectivity index is 1.56. The molecule has 1 saturated heterocycles. The number of likely N-dealkylation sites (N-methyl/N-ethyl adjacent to an activating group) is 1. The van der Waals surface area contributed by atoms with Crippen molar-refractivity contribution in [2.45, 2.75) is 12.5 Å². The first kappa shape index (κ1) is 13.5. The molecule has 3 rings (SSSR count). The van der Waals surface area contributed by atoms with Crippen molar-refractivity contribution in [3.63, 3.8) is 0 Å². The minimum absolute atomic E-state index is 0.166. The number of hydrogen-bond acceptors (Lipinski definition) is 5. The molecule has 2 aromatic rings. The second-order valence-corrected chi connectivity index (χ2v) is 5.67. The lowest BCUT2D eigenvalue weighted by atomic mass is 10.1. The lowest BCUT2D eigenvalue weighted by Crippen LogP contribution is -2.49. The van der Waals surface area contributed by atoms with Crippen LogP contribution in [0.15, 0.2) is 24.7 Å². The number of piperazine rings is 1. The van der Waals surface area contributed by atoms with E-state index in [-0.39, 0.29) is 6.04 Å². The van der Waals surface area contributed by atoms with Crippen LogP contribution in [0.5, 0.6) is 0 Å². The molecule has 0 spiro atoms. The van der Waals surface area contributed by atoms with E-state index in [1.165, 1.54) is 5.56 Å². The van der Waals surface area contributed by atoms with Crippen LogP contribution < -0.4 is 5.73 Å². The average molecular weight is 274 g/mol. The predicted octanol–water partition coefficient (Wildman–Crippen LogP) is -0.153. The van der Waals surface area contributed by atoms with Gasteiger partial charge in [0.1, 0.15) is 6.33 Å². The number of nitrogens with two attached hydrogens (primary N) is 1. The molecule has 1 unspecified atom stereocenters. The molecule has 1 aliphatic rings. The number of aromatic nitrogens is 3. The van der Waals surface area contributed by atoms with E-state index in [0.717, 1.165) is 44.8 Å². The first-order valence-electron chi connectivity index (χ1n) is 7.15. The summed E-state index contributed by atoms with van der Waals surface area (Å²) in [7, 11) is 2.17. The van der Waals surface area contributed by atoms with Gasteiger partial charge in [-0.15, -0.1) is 0 Å². The molecule has 0 aromatic carbocycles. The molecule has 2 N–H and O–H groups in total. The molecule has 1 aliphatic heterocycles. The Hall–Kier alpha value is -1.50. The van der Waals surface area contributed by atoms with Crippen molar-refractivity contribution >= 4 is 5.65 Å². The van der Waals surface area contributed by atoms with Crippen LogP contribution in [-0.4, -0.2) is 70.2 Å². The Kier molecular flexibility index (Phi) is 3.95. The normalized spacial score (nSPS) is 19.5. The Morgan fingerprint density at radius 3 is 2.85 bits per heavy atom. The summed E-state index contributed by atoms with van der Waals surface area (Å²) < 4.78 is 1.80. The molecule has 0 saturated carbocycles. The van der Waals surface area contributed by atoms with Crippen molar-refractivity contribution in [3.8, 4) is 0 Å². The summed E-state index contributed by atoms with van der Waals surface area (Å²) in [5, 5.41) is 4.16. The summed E-state index contributed by atoms with van der Waals surface area (Å²) in [6.07, 6.45) is 4.47. The molecule has 108 valence electrons. The van der Waals surface area contributed by atoms with Crippen molar-refractivity contribution in [1.82, 2.24) is 24.4 Å². The van der Waals surface area contributed by atoms with Crippen LogP contribution in [0.2, 0.25) is 0 Å². The fourth-order valence-corrected chi connectivity index (χ4v) is 2.71. The molecule has 20 heavy (non-hydrogen) atoms. The second-order valence-electron chi connectivity index (χ2n) is 5.67. The zero-order valence-electron chi connectivity index (χ0n) is 11.9. The fraction of sp³-hybridized carbons (Fsp3) is 0.571. The third kappa shape index (κ3) is 3.15. The second kappa shape index (κ2) is 5.87. The van der Waals surface area contributed by atoms with Gasteiger partial charge in [0.05, 0.1) is 0 Å². The molecule has 1 atom stereocenters. The van der Waals surface area contributed by atoms with Gasteiger partial charge in [0, 0.05) is 45.0 Å². The van der Waals surface area contributed by atoms with Crippen molar-refractivity contribution in [2.75, 3.05) is 39.8 Å². The SMILES string of the molecule is CN1CCN(CC(N)Cc2ccc3ncnn3c2)CC1. The molecular weight excluding hydrogens is 252 g/mol. The average Bonchev–Trinajstić information content (AvgIpc) is 2.89. The van der Waals surface area contributed by atoms with Gasteiger partial charge in [-0.3, -0.25) is 4.90 Å². The maximum atomic E-state index is 6.29. The molecule has 0 bridgehead atoms. The van der Waals surface area contributed by atoms with Crippen molar-refractivity contribution in [3.05, 3.63) is 30.2 Å². The highest BCUT2D eigenvalue weighted by Gasteiger charge is 2.16. The van der Waals surface area contributed by atoms with Crippen molar-refractivity contribution < 1.29 is 0 Å². The zero-order chi connectivity index (χ0) is 13.9. The van der Waals surface area contributed by atoms with Gasteiger partial charge in [0.2, 0.25) is 0 Å². The maximum Gasteiger partial charge on any atom is 0.155 e. The van der Waals surface area contributed by atoms with Crippen LogP contribution in [0.1, 0.15) is 5.56 Å². The minimum atomic E-state index is 0.166. The lowest BCUT2D eigenvalue weighted by molar-refractivity contribution is 0.147. The molecule has 0 radical (unpaired) electrons. The van der Waals surface area contributed by atoms with Gasteiger partial charge in [-0.05, 0) is 25.1 Å². The predicted molar refractivity (Wildman–Crippen MR) is 78.6 cm³/mol. The van der Waals surface area contributed by atoms with E-state index in [1.54, 1.807) is 10.8 Å². The van der Waals surface area contributed by atoms with Crippen molar-refractivity contribution in [2.24, 2.45) is 5.73 Å². The number of rotatable bonds is 4. The lowest BCUT2D eigenvalue weighted by Gasteiger charge is -2.33. The molecule has 6 nitrogen and oxygen atoms in total. The van der Waals surface area contributed by atoms with E-state index in [0.29, 0.717) is 0 Å². The molecule has 1 fully saturated rings. The van der Waals surface area contributed by atoms with Gasteiger partial charge in [-0.1, -0.05) is 6.07 Å². The Morgan fingerprint density at radius 1 is 1.25 bits per heavy atom. The van der Waals surface area contributed by atoms with E-state index in [2.05, 4.69) is 33.0 Å². The van der Waals surface area contributed by atoms with Gasteiger partial charge >= 0.3 is 0 Å². The number of pyridine rings is 1. The Labute approximate surface area is 119 Å². The van der Waals surface area contributed by atoms with E-state index in [4.69, 9.17) is 5.73 Å². The highest BCUT2D eigenvalue weighted by atomic mass is 15.3. The summed E-state index contributed by atoms with van der Waals surface area (Å²) >= 11 is 0. The molecular formula is C14H22N6.